The minimum absolute atomic E-state index is 0.0753. The molecule has 1 heterocycles. The van der Waals surface area contributed by atoms with Crippen molar-refractivity contribution >= 4 is 17.2 Å². The lowest BCUT2D eigenvalue weighted by Crippen LogP contribution is -2.25. The van der Waals surface area contributed by atoms with Crippen LogP contribution >= 0.6 is 11.3 Å². The number of ether oxygens (including phenoxy) is 2. The Balaban J connectivity index is 1.76. The third kappa shape index (κ3) is 4.77. The first-order chi connectivity index (χ1) is 10.7. The van der Waals surface area contributed by atoms with Crippen LogP contribution < -0.4 is 14.8 Å². The second kappa shape index (κ2) is 8.44. The van der Waals surface area contributed by atoms with Gasteiger partial charge in [0.25, 0.3) is 0 Å². The lowest BCUT2D eigenvalue weighted by molar-refractivity contribution is -0.121. The van der Waals surface area contributed by atoms with E-state index in [0.29, 0.717) is 30.9 Å². The normalized spacial score (nSPS) is 10.3. The predicted molar refractivity (Wildman–Crippen MR) is 88.9 cm³/mol. The molecule has 2 rings (SSSR count). The highest BCUT2D eigenvalue weighted by Crippen LogP contribution is 2.27. The molecule has 1 amide bonds. The van der Waals surface area contributed by atoms with Crippen molar-refractivity contribution in [1.82, 2.24) is 5.32 Å². The summed E-state index contributed by atoms with van der Waals surface area (Å²) in [6.45, 7) is 0.686. The standard InChI is InChI=1S/C17H21NO3S/c1-20-15-7-5-13(12-16(15)21-2)6-8-17(19)18-10-9-14-4-3-11-22-14/h3-5,7,11-12H,6,8-10H2,1-2H3,(H,18,19). The van der Waals surface area contributed by atoms with Gasteiger partial charge in [-0.15, -0.1) is 11.3 Å². The van der Waals surface area contributed by atoms with E-state index in [-0.39, 0.29) is 5.91 Å². The largest absolute Gasteiger partial charge is 0.493 e. The molecular weight excluding hydrogens is 298 g/mol. The van der Waals surface area contributed by atoms with Gasteiger partial charge in [0.15, 0.2) is 11.5 Å². The maximum Gasteiger partial charge on any atom is 0.220 e. The number of nitrogens with one attached hydrogen (secondary N) is 1. The second-order valence-corrected chi connectivity index (χ2v) is 5.90. The van der Waals surface area contributed by atoms with Gasteiger partial charge in [-0.1, -0.05) is 12.1 Å². The molecule has 1 aromatic carbocycles. The number of aryl methyl sites for hydroxylation is 1. The minimum Gasteiger partial charge on any atom is -0.493 e. The third-order valence-corrected chi connectivity index (χ3v) is 4.30. The maximum atomic E-state index is 11.9. The van der Waals surface area contributed by atoms with E-state index in [1.807, 2.05) is 29.6 Å². The van der Waals surface area contributed by atoms with Gasteiger partial charge in [0.2, 0.25) is 5.91 Å². The van der Waals surface area contributed by atoms with Crippen LogP contribution in [0.25, 0.3) is 0 Å². The van der Waals surface area contributed by atoms with Gasteiger partial charge in [0, 0.05) is 17.8 Å². The molecular formula is C17H21NO3S. The van der Waals surface area contributed by atoms with Gasteiger partial charge < -0.3 is 14.8 Å². The van der Waals surface area contributed by atoms with Crippen LogP contribution in [0.15, 0.2) is 35.7 Å². The summed E-state index contributed by atoms with van der Waals surface area (Å²) in [6.07, 6.45) is 2.05. The zero-order chi connectivity index (χ0) is 15.8. The van der Waals surface area contributed by atoms with E-state index in [1.165, 1.54) is 4.88 Å². The van der Waals surface area contributed by atoms with Gasteiger partial charge in [-0.2, -0.15) is 0 Å². The summed E-state index contributed by atoms with van der Waals surface area (Å²) in [6, 6.07) is 9.85. The fraction of sp³-hybridized carbons (Fsp3) is 0.353. The summed E-state index contributed by atoms with van der Waals surface area (Å²) in [5, 5.41) is 5.00. The molecule has 0 radical (unpaired) electrons. The minimum atomic E-state index is 0.0753. The van der Waals surface area contributed by atoms with Crippen molar-refractivity contribution in [2.75, 3.05) is 20.8 Å². The number of amides is 1. The van der Waals surface area contributed by atoms with Gasteiger partial charge >= 0.3 is 0 Å². The van der Waals surface area contributed by atoms with Crippen molar-refractivity contribution in [3.63, 3.8) is 0 Å². The molecule has 22 heavy (non-hydrogen) atoms. The first-order valence-corrected chi connectivity index (χ1v) is 8.11. The lowest BCUT2D eigenvalue weighted by atomic mass is 10.1. The Morgan fingerprint density at radius 2 is 1.95 bits per heavy atom. The summed E-state index contributed by atoms with van der Waals surface area (Å²) in [4.78, 5) is 13.2. The van der Waals surface area contributed by atoms with Crippen LogP contribution in [-0.4, -0.2) is 26.7 Å². The van der Waals surface area contributed by atoms with Gasteiger partial charge in [-0.25, -0.2) is 0 Å². The highest BCUT2D eigenvalue weighted by molar-refractivity contribution is 7.09. The molecule has 1 aromatic heterocycles. The molecule has 0 aliphatic carbocycles. The SMILES string of the molecule is COc1ccc(CCC(=O)NCCc2cccs2)cc1OC. The molecule has 0 aliphatic rings. The Morgan fingerprint density at radius 1 is 1.14 bits per heavy atom. The first kappa shape index (κ1) is 16.4. The molecule has 4 nitrogen and oxygen atoms in total. The van der Waals surface area contributed by atoms with Gasteiger partial charge in [0.1, 0.15) is 0 Å². The van der Waals surface area contributed by atoms with Crippen LogP contribution in [-0.2, 0) is 17.6 Å². The zero-order valence-electron chi connectivity index (χ0n) is 12.9. The third-order valence-electron chi connectivity index (χ3n) is 3.36. The van der Waals surface area contributed by atoms with Crippen molar-refractivity contribution in [3.8, 4) is 11.5 Å². The summed E-state index contributed by atoms with van der Waals surface area (Å²) < 4.78 is 10.5. The Bertz CT molecular complexity index is 596. The number of thiophene rings is 1. The maximum absolute atomic E-state index is 11.9. The molecule has 0 saturated heterocycles. The van der Waals surface area contributed by atoms with E-state index >= 15 is 0 Å². The van der Waals surface area contributed by atoms with Crippen LogP contribution in [0.4, 0.5) is 0 Å². The van der Waals surface area contributed by atoms with Crippen molar-refractivity contribution in [2.24, 2.45) is 0 Å². The van der Waals surface area contributed by atoms with E-state index in [4.69, 9.17) is 9.47 Å². The second-order valence-electron chi connectivity index (χ2n) is 4.87. The van der Waals surface area contributed by atoms with E-state index in [9.17, 15) is 4.79 Å². The van der Waals surface area contributed by atoms with E-state index in [0.717, 1.165) is 12.0 Å². The van der Waals surface area contributed by atoms with Crippen LogP contribution in [0.5, 0.6) is 11.5 Å². The summed E-state index contributed by atoms with van der Waals surface area (Å²) in [7, 11) is 3.22. The number of methoxy groups -OCH3 is 2. The average molecular weight is 319 g/mol. The number of carbonyl (C=O) groups is 1. The number of hydrogen-bond acceptors (Lipinski definition) is 4. The highest BCUT2D eigenvalue weighted by atomic mass is 32.1. The van der Waals surface area contributed by atoms with Crippen molar-refractivity contribution < 1.29 is 14.3 Å². The van der Waals surface area contributed by atoms with Gasteiger partial charge in [0.05, 0.1) is 14.2 Å². The lowest BCUT2D eigenvalue weighted by Gasteiger charge is -2.09. The van der Waals surface area contributed by atoms with Gasteiger partial charge in [-0.3, -0.25) is 4.79 Å². The highest BCUT2D eigenvalue weighted by Gasteiger charge is 2.07. The molecule has 0 spiro atoms. The van der Waals surface area contributed by atoms with Crippen molar-refractivity contribution in [1.29, 1.82) is 0 Å². The van der Waals surface area contributed by atoms with E-state index in [1.54, 1.807) is 25.6 Å². The molecule has 118 valence electrons. The monoisotopic (exact) mass is 319 g/mol. The summed E-state index contributed by atoms with van der Waals surface area (Å²) in [5.74, 6) is 1.47. The molecule has 5 heteroatoms. The van der Waals surface area contributed by atoms with Crippen LogP contribution in [0, 0.1) is 0 Å². The summed E-state index contributed by atoms with van der Waals surface area (Å²) in [5.41, 5.74) is 1.06. The smallest absolute Gasteiger partial charge is 0.220 e. The number of rotatable bonds is 8. The fourth-order valence-corrected chi connectivity index (χ4v) is 2.87. The van der Waals surface area contributed by atoms with E-state index in [2.05, 4.69) is 11.4 Å². The zero-order valence-corrected chi connectivity index (χ0v) is 13.7. The quantitative estimate of drug-likeness (QED) is 0.813. The molecule has 1 N–H and O–H groups in total. The number of carbonyl (C=O) groups excluding carboxylic acids is 1. The van der Waals surface area contributed by atoms with Crippen molar-refractivity contribution in [2.45, 2.75) is 19.3 Å². The molecule has 0 atom stereocenters. The Kier molecular flexibility index (Phi) is 6.27. The molecule has 0 unspecified atom stereocenters. The number of benzene rings is 1. The van der Waals surface area contributed by atoms with E-state index < -0.39 is 0 Å². The Hall–Kier alpha value is -2.01. The Labute approximate surface area is 135 Å². The molecule has 0 bridgehead atoms. The van der Waals surface area contributed by atoms with Crippen LogP contribution in [0.2, 0.25) is 0 Å². The predicted octanol–water partition coefficient (Wildman–Crippen LogP) is 3.06. The number of hydrogen-bond donors (Lipinski definition) is 1. The molecule has 0 fully saturated rings. The average Bonchev–Trinajstić information content (AvgIpc) is 3.06. The first-order valence-electron chi connectivity index (χ1n) is 7.23. The molecule has 2 aromatic rings. The topological polar surface area (TPSA) is 47.6 Å². The van der Waals surface area contributed by atoms with Crippen LogP contribution in [0.1, 0.15) is 16.9 Å². The summed E-state index contributed by atoms with van der Waals surface area (Å²) >= 11 is 1.72. The van der Waals surface area contributed by atoms with Crippen molar-refractivity contribution in [3.05, 3.63) is 46.2 Å². The van der Waals surface area contributed by atoms with Crippen LogP contribution in [0.3, 0.4) is 0 Å². The molecule has 0 saturated carbocycles. The van der Waals surface area contributed by atoms with Gasteiger partial charge in [-0.05, 0) is 42.0 Å². The fourth-order valence-electron chi connectivity index (χ4n) is 2.16. The molecule has 0 aliphatic heterocycles. The Morgan fingerprint density at radius 3 is 2.64 bits per heavy atom.